The molecule has 0 bridgehead atoms. The van der Waals surface area contributed by atoms with Crippen LogP contribution in [0.1, 0.15) is 13.8 Å². The van der Waals surface area contributed by atoms with Crippen LogP contribution in [0.15, 0.2) is 59.3 Å². The van der Waals surface area contributed by atoms with Crippen molar-refractivity contribution in [3.63, 3.8) is 0 Å². The highest BCUT2D eigenvalue weighted by Gasteiger charge is 2.35. The van der Waals surface area contributed by atoms with E-state index in [2.05, 4.69) is 38.0 Å². The summed E-state index contributed by atoms with van der Waals surface area (Å²) in [6.45, 7) is 4.58. The zero-order valence-corrected chi connectivity index (χ0v) is 14.7. The molecule has 0 spiro atoms. The van der Waals surface area contributed by atoms with Gasteiger partial charge in [-0.2, -0.15) is 0 Å². The van der Waals surface area contributed by atoms with Crippen molar-refractivity contribution in [2.24, 2.45) is 0 Å². The van der Waals surface area contributed by atoms with Gasteiger partial charge in [0.2, 0.25) is 5.71 Å². The Morgan fingerprint density at radius 2 is 1.69 bits per heavy atom. The maximum absolute atomic E-state index is 6.40. The average molecular weight is 340 g/mol. The van der Waals surface area contributed by atoms with Crippen LogP contribution in [0.2, 0.25) is 0 Å². The molecule has 5 nitrogen and oxygen atoms in total. The van der Waals surface area contributed by atoms with Crippen LogP contribution in [-0.2, 0) is 0 Å². The van der Waals surface area contributed by atoms with Crippen LogP contribution >= 0.6 is 0 Å². The van der Waals surface area contributed by atoms with Gasteiger partial charge in [-0.3, -0.25) is 0 Å². The smallest absolute Gasteiger partial charge is 0.227 e. The molecule has 0 saturated heterocycles. The maximum atomic E-state index is 6.40. The van der Waals surface area contributed by atoms with E-state index in [0.717, 1.165) is 33.5 Å². The molecule has 4 heterocycles. The number of para-hydroxylation sites is 1. The number of rotatable bonds is 2. The number of fused-ring (bicyclic) bond motifs is 4. The Balaban J connectivity index is 1.74. The SMILES string of the molecule is [B]C(C)(C)N1CN(c2cccc3c2oc2ncccc23)c2cccnc21. The van der Waals surface area contributed by atoms with Gasteiger partial charge in [0.1, 0.15) is 7.85 Å². The highest BCUT2D eigenvalue weighted by Crippen LogP contribution is 2.44. The molecule has 0 amide bonds. The van der Waals surface area contributed by atoms with Gasteiger partial charge in [0.25, 0.3) is 0 Å². The first-order valence-electron chi connectivity index (χ1n) is 8.59. The summed E-state index contributed by atoms with van der Waals surface area (Å²) >= 11 is 0. The van der Waals surface area contributed by atoms with Crippen LogP contribution in [0.25, 0.3) is 22.1 Å². The molecule has 0 atom stereocenters. The zero-order chi connectivity index (χ0) is 17.9. The molecule has 4 aromatic rings. The van der Waals surface area contributed by atoms with Gasteiger partial charge in [-0.05, 0) is 35.8 Å². The monoisotopic (exact) mass is 340 g/mol. The first-order chi connectivity index (χ1) is 12.5. The lowest BCUT2D eigenvalue weighted by molar-refractivity contribution is 0.631. The first-order valence-corrected chi connectivity index (χ1v) is 8.59. The first kappa shape index (κ1) is 15.3. The summed E-state index contributed by atoms with van der Waals surface area (Å²) in [7, 11) is 6.40. The molecule has 0 N–H and O–H groups in total. The van der Waals surface area contributed by atoms with Crippen molar-refractivity contribution >= 4 is 47.1 Å². The summed E-state index contributed by atoms with van der Waals surface area (Å²) in [6.07, 6.45) is 3.55. The molecule has 2 radical (unpaired) electrons. The van der Waals surface area contributed by atoms with Crippen molar-refractivity contribution in [3.05, 3.63) is 54.9 Å². The lowest BCUT2D eigenvalue weighted by atomic mass is 9.80. The van der Waals surface area contributed by atoms with E-state index in [4.69, 9.17) is 12.3 Å². The number of aromatic nitrogens is 2. The van der Waals surface area contributed by atoms with Crippen molar-refractivity contribution in [3.8, 4) is 0 Å². The number of anilines is 3. The third-order valence-corrected chi connectivity index (χ3v) is 4.84. The Morgan fingerprint density at radius 3 is 2.54 bits per heavy atom. The van der Waals surface area contributed by atoms with Crippen molar-refractivity contribution in [2.45, 2.75) is 19.3 Å². The van der Waals surface area contributed by atoms with E-state index < -0.39 is 5.44 Å². The zero-order valence-electron chi connectivity index (χ0n) is 14.7. The van der Waals surface area contributed by atoms with Gasteiger partial charge < -0.3 is 14.2 Å². The van der Waals surface area contributed by atoms with Crippen molar-refractivity contribution in [1.82, 2.24) is 9.97 Å². The van der Waals surface area contributed by atoms with E-state index in [0.29, 0.717) is 12.4 Å². The number of nitrogens with zero attached hydrogens (tertiary/aromatic N) is 4. The number of pyridine rings is 2. The second kappa shape index (κ2) is 5.24. The highest BCUT2D eigenvalue weighted by atomic mass is 16.3. The van der Waals surface area contributed by atoms with Gasteiger partial charge in [-0.15, -0.1) is 0 Å². The molecule has 1 aromatic carbocycles. The number of hydrogen-bond acceptors (Lipinski definition) is 5. The van der Waals surface area contributed by atoms with Crippen LogP contribution in [0, 0.1) is 0 Å². The highest BCUT2D eigenvalue weighted by molar-refractivity contribution is 6.17. The Hall–Kier alpha value is -3.02. The minimum Gasteiger partial charge on any atom is -0.436 e. The predicted molar refractivity (Wildman–Crippen MR) is 105 cm³/mol. The van der Waals surface area contributed by atoms with Crippen LogP contribution in [-0.4, -0.2) is 29.9 Å². The topological polar surface area (TPSA) is 45.4 Å². The van der Waals surface area contributed by atoms with E-state index in [9.17, 15) is 0 Å². The van der Waals surface area contributed by atoms with Gasteiger partial charge in [-0.1, -0.05) is 26.0 Å². The van der Waals surface area contributed by atoms with Crippen LogP contribution < -0.4 is 9.80 Å². The van der Waals surface area contributed by atoms with E-state index in [1.807, 2.05) is 38.1 Å². The fourth-order valence-corrected chi connectivity index (χ4v) is 3.58. The number of benzene rings is 1. The molecular formula is C20H17BN4O. The lowest BCUT2D eigenvalue weighted by Crippen LogP contribution is -2.46. The summed E-state index contributed by atoms with van der Waals surface area (Å²) in [4.78, 5) is 13.2. The minimum absolute atomic E-state index is 0.527. The van der Waals surface area contributed by atoms with Crippen molar-refractivity contribution in [1.29, 1.82) is 0 Å². The second-order valence-electron chi connectivity index (χ2n) is 7.11. The Labute approximate surface area is 152 Å². The average Bonchev–Trinajstić information content (AvgIpc) is 3.20. The molecule has 126 valence electrons. The minimum atomic E-state index is -0.527. The van der Waals surface area contributed by atoms with E-state index in [-0.39, 0.29) is 0 Å². The number of hydrogen-bond donors (Lipinski definition) is 0. The van der Waals surface area contributed by atoms with Gasteiger partial charge in [-0.25, -0.2) is 9.97 Å². The third-order valence-electron chi connectivity index (χ3n) is 4.84. The van der Waals surface area contributed by atoms with Crippen molar-refractivity contribution in [2.75, 3.05) is 16.5 Å². The molecule has 5 rings (SSSR count). The molecule has 0 unspecified atom stereocenters. The largest absolute Gasteiger partial charge is 0.436 e. The number of furan rings is 1. The van der Waals surface area contributed by atoms with Crippen LogP contribution in [0.5, 0.6) is 0 Å². The standard InChI is InChI=1S/C20H17BN4O/c1-20(2,21)25-12-24(16-9-5-10-22-18(16)25)15-8-3-6-13-14-7-4-11-23-19(14)26-17(13)15/h3-11H,12H2,1-2H3. The predicted octanol–water partition coefficient (Wildman–Crippen LogP) is 4.20. The maximum Gasteiger partial charge on any atom is 0.227 e. The fourth-order valence-electron chi connectivity index (χ4n) is 3.58. The molecule has 0 saturated carbocycles. The summed E-state index contributed by atoms with van der Waals surface area (Å²) in [6, 6.07) is 14.1. The fraction of sp³-hybridized carbons (Fsp3) is 0.200. The van der Waals surface area contributed by atoms with E-state index >= 15 is 0 Å². The molecule has 0 fully saturated rings. The third kappa shape index (κ3) is 2.11. The molecule has 6 heteroatoms. The molecule has 1 aliphatic rings. The normalized spacial score (nSPS) is 14.4. The summed E-state index contributed by atoms with van der Waals surface area (Å²) < 4.78 is 6.11. The lowest BCUT2D eigenvalue weighted by Gasteiger charge is -2.34. The van der Waals surface area contributed by atoms with Crippen molar-refractivity contribution < 1.29 is 4.42 Å². The van der Waals surface area contributed by atoms with Gasteiger partial charge in [0.05, 0.1) is 18.0 Å². The second-order valence-corrected chi connectivity index (χ2v) is 7.11. The van der Waals surface area contributed by atoms with Gasteiger partial charge >= 0.3 is 0 Å². The van der Waals surface area contributed by atoms with Gasteiger partial charge in [0, 0.05) is 23.2 Å². The Morgan fingerprint density at radius 1 is 0.962 bits per heavy atom. The van der Waals surface area contributed by atoms with E-state index in [1.54, 1.807) is 12.4 Å². The summed E-state index contributed by atoms with van der Waals surface area (Å²) in [5, 5.41) is 2.08. The molecule has 26 heavy (non-hydrogen) atoms. The molecule has 0 aliphatic carbocycles. The van der Waals surface area contributed by atoms with Crippen LogP contribution in [0.4, 0.5) is 17.2 Å². The summed E-state index contributed by atoms with van der Waals surface area (Å²) in [5.74, 6) is 0.881. The van der Waals surface area contributed by atoms with Gasteiger partial charge in [0.15, 0.2) is 11.4 Å². The van der Waals surface area contributed by atoms with E-state index in [1.165, 1.54) is 0 Å². The Kier molecular flexibility index (Phi) is 3.07. The molecular weight excluding hydrogens is 323 g/mol. The van der Waals surface area contributed by atoms with Crippen LogP contribution in [0.3, 0.4) is 0 Å². The molecule has 1 aliphatic heterocycles. The molecule has 3 aromatic heterocycles. The summed E-state index contributed by atoms with van der Waals surface area (Å²) in [5.41, 5.74) is 2.96. The quantitative estimate of drug-likeness (QED) is 0.512. The Bertz CT molecular complexity index is 1130.